The van der Waals surface area contributed by atoms with Crippen molar-refractivity contribution in [1.82, 2.24) is 19.9 Å². The number of carbonyl (C=O) groups is 1. The summed E-state index contributed by atoms with van der Waals surface area (Å²) in [6.07, 6.45) is 2.47. The van der Waals surface area contributed by atoms with Gasteiger partial charge in [0.15, 0.2) is 11.5 Å². The first-order chi connectivity index (χ1) is 11.7. The van der Waals surface area contributed by atoms with Crippen LogP contribution in [0.5, 0.6) is 0 Å². The minimum Gasteiger partial charge on any atom is -0.379 e. The predicted molar refractivity (Wildman–Crippen MR) is 87.5 cm³/mol. The molecule has 3 rings (SSSR count). The molecule has 7 nitrogen and oxygen atoms in total. The number of pyridine rings is 1. The lowest BCUT2D eigenvalue weighted by atomic mass is 10.2. The Kier molecular flexibility index (Phi) is 5.55. The van der Waals surface area contributed by atoms with E-state index in [1.54, 1.807) is 24.2 Å². The van der Waals surface area contributed by atoms with E-state index >= 15 is 0 Å². The Hall–Kier alpha value is -2.25. The maximum absolute atomic E-state index is 12.4. The number of morpholine rings is 1. The number of aromatic nitrogens is 2. The monoisotopic (exact) mass is 330 g/mol. The van der Waals surface area contributed by atoms with E-state index in [4.69, 9.17) is 9.26 Å². The van der Waals surface area contributed by atoms with Gasteiger partial charge in [0.05, 0.1) is 19.8 Å². The van der Waals surface area contributed by atoms with Crippen LogP contribution in [0.4, 0.5) is 0 Å². The van der Waals surface area contributed by atoms with Crippen LogP contribution < -0.4 is 0 Å². The van der Waals surface area contributed by atoms with Crippen molar-refractivity contribution in [1.29, 1.82) is 0 Å². The third kappa shape index (κ3) is 4.39. The molecule has 2 aromatic rings. The van der Waals surface area contributed by atoms with Crippen LogP contribution >= 0.6 is 0 Å². The molecule has 1 fully saturated rings. The van der Waals surface area contributed by atoms with E-state index in [9.17, 15) is 4.79 Å². The Labute approximate surface area is 141 Å². The van der Waals surface area contributed by atoms with Gasteiger partial charge in [0.25, 0.3) is 5.91 Å². The molecule has 24 heavy (non-hydrogen) atoms. The summed E-state index contributed by atoms with van der Waals surface area (Å²) in [4.78, 5) is 20.6. The molecule has 0 aliphatic carbocycles. The lowest BCUT2D eigenvalue weighted by Crippen LogP contribution is -2.35. The van der Waals surface area contributed by atoms with Crippen molar-refractivity contribution >= 4 is 5.91 Å². The molecule has 1 amide bonds. The number of rotatable bonds is 6. The number of likely N-dealkylation sites (N-methyl/N-ethyl adjacent to an activating group) is 1. The fourth-order valence-electron chi connectivity index (χ4n) is 2.59. The second-order valence-electron chi connectivity index (χ2n) is 5.86. The molecule has 1 saturated heterocycles. The molecular formula is C17H22N4O3. The first kappa shape index (κ1) is 16.6. The molecule has 0 N–H and O–H groups in total. The summed E-state index contributed by atoms with van der Waals surface area (Å²) in [7, 11) is 1.77. The molecule has 1 aliphatic heterocycles. The van der Waals surface area contributed by atoms with Gasteiger partial charge < -0.3 is 14.2 Å². The van der Waals surface area contributed by atoms with Crippen LogP contribution in [-0.2, 0) is 17.7 Å². The van der Waals surface area contributed by atoms with Crippen molar-refractivity contribution in [2.24, 2.45) is 0 Å². The second-order valence-corrected chi connectivity index (χ2v) is 5.86. The van der Waals surface area contributed by atoms with Gasteiger partial charge in [-0.3, -0.25) is 14.7 Å². The summed E-state index contributed by atoms with van der Waals surface area (Å²) in [5.41, 5.74) is 1.31. The zero-order valence-corrected chi connectivity index (χ0v) is 13.9. The summed E-state index contributed by atoms with van der Waals surface area (Å²) >= 11 is 0. The summed E-state index contributed by atoms with van der Waals surface area (Å²) in [5.74, 6) is 0.571. The standard InChI is InChI=1S/C17H22N4O3/c1-20(7-5-14-4-2-3-6-18-14)17(22)16-12-15(24-19-16)13-21-8-10-23-11-9-21/h2-4,6,12H,5,7-11,13H2,1H3. The Bertz CT molecular complexity index is 653. The molecule has 0 atom stereocenters. The molecule has 2 aromatic heterocycles. The number of ether oxygens (including phenoxy) is 1. The van der Waals surface area contributed by atoms with E-state index < -0.39 is 0 Å². The molecule has 0 radical (unpaired) electrons. The average Bonchev–Trinajstić information content (AvgIpc) is 3.09. The first-order valence-corrected chi connectivity index (χ1v) is 8.13. The van der Waals surface area contributed by atoms with Crippen molar-refractivity contribution in [3.8, 4) is 0 Å². The van der Waals surface area contributed by atoms with Gasteiger partial charge >= 0.3 is 0 Å². The fraction of sp³-hybridized carbons (Fsp3) is 0.471. The number of hydrogen-bond donors (Lipinski definition) is 0. The zero-order valence-electron chi connectivity index (χ0n) is 13.9. The third-order valence-corrected chi connectivity index (χ3v) is 4.04. The van der Waals surface area contributed by atoms with Gasteiger partial charge in [0.1, 0.15) is 0 Å². The molecule has 0 spiro atoms. The van der Waals surface area contributed by atoms with E-state index in [1.807, 2.05) is 18.2 Å². The van der Waals surface area contributed by atoms with Crippen LogP contribution in [0.25, 0.3) is 0 Å². The molecule has 0 saturated carbocycles. The molecule has 1 aliphatic rings. The highest BCUT2D eigenvalue weighted by atomic mass is 16.5. The smallest absolute Gasteiger partial charge is 0.275 e. The SMILES string of the molecule is CN(CCc1ccccn1)C(=O)c1cc(CN2CCOCC2)on1. The molecule has 0 unspecified atom stereocenters. The van der Waals surface area contributed by atoms with Gasteiger partial charge in [-0.1, -0.05) is 11.2 Å². The van der Waals surface area contributed by atoms with Crippen molar-refractivity contribution in [2.75, 3.05) is 39.9 Å². The lowest BCUT2D eigenvalue weighted by molar-refractivity contribution is 0.0305. The van der Waals surface area contributed by atoms with Crippen molar-refractivity contribution in [3.05, 3.63) is 47.6 Å². The van der Waals surface area contributed by atoms with E-state index in [0.29, 0.717) is 31.0 Å². The van der Waals surface area contributed by atoms with E-state index in [1.165, 1.54) is 0 Å². The van der Waals surface area contributed by atoms with E-state index in [0.717, 1.165) is 32.0 Å². The third-order valence-electron chi connectivity index (χ3n) is 4.04. The van der Waals surface area contributed by atoms with Gasteiger partial charge in [-0.15, -0.1) is 0 Å². The van der Waals surface area contributed by atoms with E-state index in [2.05, 4.69) is 15.0 Å². The second kappa shape index (κ2) is 8.03. The minimum absolute atomic E-state index is 0.136. The van der Waals surface area contributed by atoms with Crippen LogP contribution in [0.3, 0.4) is 0 Å². The Morgan fingerprint density at radius 3 is 2.92 bits per heavy atom. The largest absolute Gasteiger partial charge is 0.379 e. The summed E-state index contributed by atoms with van der Waals surface area (Å²) < 4.78 is 10.6. The average molecular weight is 330 g/mol. The van der Waals surface area contributed by atoms with Crippen LogP contribution in [0.15, 0.2) is 35.0 Å². The van der Waals surface area contributed by atoms with Crippen molar-refractivity contribution in [2.45, 2.75) is 13.0 Å². The Morgan fingerprint density at radius 1 is 1.33 bits per heavy atom. The quantitative estimate of drug-likeness (QED) is 0.793. The summed E-state index contributed by atoms with van der Waals surface area (Å²) in [6.45, 7) is 4.44. The Morgan fingerprint density at radius 2 is 2.17 bits per heavy atom. The van der Waals surface area contributed by atoms with Crippen LogP contribution in [0, 0.1) is 0 Å². The summed E-state index contributed by atoms with van der Waals surface area (Å²) in [6, 6.07) is 7.51. The normalized spacial score (nSPS) is 15.4. The summed E-state index contributed by atoms with van der Waals surface area (Å²) in [5, 5.41) is 3.92. The van der Waals surface area contributed by atoms with Crippen molar-refractivity contribution < 1.29 is 14.1 Å². The fourth-order valence-corrected chi connectivity index (χ4v) is 2.59. The molecule has 0 aromatic carbocycles. The first-order valence-electron chi connectivity index (χ1n) is 8.13. The zero-order chi connectivity index (χ0) is 16.8. The molecule has 7 heteroatoms. The Balaban J connectivity index is 1.52. The van der Waals surface area contributed by atoms with Crippen LogP contribution in [0.1, 0.15) is 21.9 Å². The number of nitrogens with zero attached hydrogens (tertiary/aromatic N) is 4. The topological polar surface area (TPSA) is 71.7 Å². The highest BCUT2D eigenvalue weighted by Crippen LogP contribution is 2.11. The maximum Gasteiger partial charge on any atom is 0.275 e. The highest BCUT2D eigenvalue weighted by Gasteiger charge is 2.19. The molecule has 3 heterocycles. The van der Waals surface area contributed by atoms with Gasteiger partial charge in [-0.05, 0) is 12.1 Å². The van der Waals surface area contributed by atoms with Crippen LogP contribution in [0.2, 0.25) is 0 Å². The van der Waals surface area contributed by atoms with Crippen LogP contribution in [-0.4, -0.2) is 65.7 Å². The highest BCUT2D eigenvalue weighted by molar-refractivity contribution is 5.92. The molecule has 0 bridgehead atoms. The van der Waals surface area contributed by atoms with Gasteiger partial charge in [-0.25, -0.2) is 0 Å². The maximum atomic E-state index is 12.4. The van der Waals surface area contributed by atoms with Gasteiger partial charge in [-0.2, -0.15) is 0 Å². The lowest BCUT2D eigenvalue weighted by Gasteiger charge is -2.25. The van der Waals surface area contributed by atoms with Crippen molar-refractivity contribution in [3.63, 3.8) is 0 Å². The molecule has 128 valence electrons. The van der Waals surface area contributed by atoms with Gasteiger partial charge in [0, 0.05) is 51.1 Å². The predicted octanol–water partition coefficient (Wildman–Crippen LogP) is 1.22. The minimum atomic E-state index is -0.136. The number of hydrogen-bond acceptors (Lipinski definition) is 6. The van der Waals surface area contributed by atoms with E-state index in [-0.39, 0.29) is 5.91 Å². The number of carbonyl (C=O) groups excluding carboxylic acids is 1. The number of amides is 1. The van der Waals surface area contributed by atoms with Gasteiger partial charge in [0.2, 0.25) is 0 Å². The molecular weight excluding hydrogens is 308 g/mol.